The van der Waals surface area contributed by atoms with Crippen molar-refractivity contribution >= 4 is 15.9 Å². The van der Waals surface area contributed by atoms with Crippen molar-refractivity contribution in [1.82, 2.24) is 15.0 Å². The summed E-state index contributed by atoms with van der Waals surface area (Å²) in [5, 5.41) is 2.65. The fourth-order valence-electron chi connectivity index (χ4n) is 2.10. The molecule has 0 fully saturated rings. The molecule has 0 aliphatic rings. The van der Waals surface area contributed by atoms with Gasteiger partial charge in [-0.15, -0.1) is 0 Å². The van der Waals surface area contributed by atoms with Crippen LogP contribution in [0.5, 0.6) is 0 Å². The van der Waals surface area contributed by atoms with Gasteiger partial charge in [0.15, 0.2) is 0 Å². The van der Waals surface area contributed by atoms with E-state index in [0.29, 0.717) is 12.1 Å². The quantitative estimate of drug-likeness (QED) is 0.834. The fraction of sp³-hybridized carbons (Fsp3) is 0.250. The van der Waals surface area contributed by atoms with Gasteiger partial charge in [0.2, 0.25) is 15.9 Å². The van der Waals surface area contributed by atoms with Crippen LogP contribution in [0.3, 0.4) is 0 Å². The number of pyridine rings is 1. The molecule has 0 aliphatic heterocycles. The van der Waals surface area contributed by atoms with E-state index in [9.17, 15) is 13.2 Å². The molecule has 0 bridgehead atoms. The number of carbonyl (C=O) groups is 1. The van der Waals surface area contributed by atoms with Crippen LogP contribution in [0.2, 0.25) is 0 Å². The van der Waals surface area contributed by atoms with Gasteiger partial charge in [0, 0.05) is 18.9 Å². The molecule has 1 heterocycles. The Labute approximate surface area is 136 Å². The van der Waals surface area contributed by atoms with Crippen molar-refractivity contribution in [1.29, 1.82) is 0 Å². The standard InChI is InChI=1S/C16H19N3O3S/c1-12-3-4-15(13(2)9-12)23(21,22)19-11-16(20)18-10-14-5-7-17-8-6-14/h3-9,19H,10-11H2,1-2H3,(H,18,20). The number of rotatable bonds is 6. The molecule has 0 aliphatic carbocycles. The first-order valence-corrected chi connectivity index (χ1v) is 8.59. The minimum Gasteiger partial charge on any atom is -0.351 e. The number of hydrogen-bond acceptors (Lipinski definition) is 4. The second-order valence-corrected chi connectivity index (χ2v) is 6.96. The van der Waals surface area contributed by atoms with Gasteiger partial charge >= 0.3 is 0 Å². The van der Waals surface area contributed by atoms with Gasteiger partial charge in [-0.2, -0.15) is 0 Å². The summed E-state index contributed by atoms with van der Waals surface area (Å²) in [5.74, 6) is -0.393. The van der Waals surface area contributed by atoms with Gasteiger partial charge < -0.3 is 5.32 Å². The van der Waals surface area contributed by atoms with Crippen molar-refractivity contribution in [2.24, 2.45) is 0 Å². The summed E-state index contributed by atoms with van der Waals surface area (Å²) in [6, 6.07) is 8.62. The normalized spacial score (nSPS) is 11.2. The smallest absolute Gasteiger partial charge is 0.241 e. The molecule has 0 saturated heterocycles. The van der Waals surface area contributed by atoms with Crippen molar-refractivity contribution in [2.45, 2.75) is 25.3 Å². The molecule has 23 heavy (non-hydrogen) atoms. The molecule has 7 heteroatoms. The second kappa shape index (κ2) is 7.34. The Morgan fingerprint density at radius 2 is 1.83 bits per heavy atom. The molecule has 0 spiro atoms. The number of nitrogens with zero attached hydrogens (tertiary/aromatic N) is 1. The maximum Gasteiger partial charge on any atom is 0.241 e. The summed E-state index contributed by atoms with van der Waals surface area (Å²) in [4.78, 5) is 15.8. The van der Waals surface area contributed by atoms with Crippen LogP contribution in [0.1, 0.15) is 16.7 Å². The van der Waals surface area contributed by atoms with Crippen molar-refractivity contribution < 1.29 is 13.2 Å². The molecule has 122 valence electrons. The Kier molecular flexibility index (Phi) is 5.46. The molecular weight excluding hydrogens is 314 g/mol. The fourth-order valence-corrected chi connectivity index (χ4v) is 3.31. The van der Waals surface area contributed by atoms with E-state index in [1.807, 2.05) is 6.92 Å². The lowest BCUT2D eigenvalue weighted by atomic mass is 10.2. The lowest BCUT2D eigenvalue weighted by Crippen LogP contribution is -2.36. The van der Waals surface area contributed by atoms with Crippen LogP contribution in [0.4, 0.5) is 0 Å². The van der Waals surface area contributed by atoms with E-state index in [4.69, 9.17) is 0 Å². The van der Waals surface area contributed by atoms with Crippen molar-refractivity contribution in [2.75, 3.05) is 6.54 Å². The highest BCUT2D eigenvalue weighted by Gasteiger charge is 2.17. The van der Waals surface area contributed by atoms with Crippen LogP contribution in [-0.4, -0.2) is 25.9 Å². The molecule has 1 amide bonds. The summed E-state index contributed by atoms with van der Waals surface area (Å²) in [6.45, 7) is 3.64. The Balaban J connectivity index is 1.92. The summed E-state index contributed by atoms with van der Waals surface area (Å²) in [5.41, 5.74) is 2.52. The third-order valence-corrected chi connectivity index (χ3v) is 4.84. The Bertz CT molecular complexity index is 789. The van der Waals surface area contributed by atoms with Crippen LogP contribution in [-0.2, 0) is 21.4 Å². The van der Waals surface area contributed by atoms with Gasteiger partial charge in [-0.25, -0.2) is 13.1 Å². The predicted octanol–water partition coefficient (Wildman–Crippen LogP) is 1.29. The van der Waals surface area contributed by atoms with E-state index >= 15 is 0 Å². The average molecular weight is 333 g/mol. The van der Waals surface area contributed by atoms with Crippen molar-refractivity contribution in [3.05, 3.63) is 59.4 Å². The van der Waals surface area contributed by atoms with Gasteiger partial charge in [0.25, 0.3) is 0 Å². The molecule has 0 radical (unpaired) electrons. The SMILES string of the molecule is Cc1ccc(S(=O)(=O)NCC(=O)NCc2ccncc2)c(C)c1. The first-order chi connectivity index (χ1) is 10.9. The Morgan fingerprint density at radius 3 is 2.48 bits per heavy atom. The summed E-state index contributed by atoms with van der Waals surface area (Å²) < 4.78 is 26.8. The number of benzene rings is 1. The second-order valence-electron chi connectivity index (χ2n) is 5.23. The summed E-state index contributed by atoms with van der Waals surface area (Å²) >= 11 is 0. The number of aryl methyl sites for hydroxylation is 2. The van der Waals surface area contributed by atoms with Gasteiger partial charge in [-0.05, 0) is 43.2 Å². The molecule has 0 saturated carbocycles. The molecule has 1 aromatic heterocycles. The van der Waals surface area contributed by atoms with Crippen molar-refractivity contribution in [3.8, 4) is 0 Å². The van der Waals surface area contributed by atoms with E-state index in [0.717, 1.165) is 11.1 Å². The van der Waals surface area contributed by atoms with Gasteiger partial charge in [0.1, 0.15) is 0 Å². The van der Waals surface area contributed by atoms with Crippen molar-refractivity contribution in [3.63, 3.8) is 0 Å². The van der Waals surface area contributed by atoms with Gasteiger partial charge in [-0.1, -0.05) is 17.7 Å². The lowest BCUT2D eigenvalue weighted by molar-refractivity contribution is -0.120. The predicted molar refractivity (Wildman–Crippen MR) is 87.2 cm³/mol. The highest BCUT2D eigenvalue weighted by atomic mass is 32.2. The minimum atomic E-state index is -3.71. The monoisotopic (exact) mass is 333 g/mol. The molecule has 0 atom stereocenters. The first-order valence-electron chi connectivity index (χ1n) is 7.11. The molecule has 1 aromatic carbocycles. The van der Waals surface area contributed by atoms with E-state index in [-0.39, 0.29) is 11.4 Å². The van der Waals surface area contributed by atoms with Crippen LogP contribution in [0, 0.1) is 13.8 Å². The molecular formula is C16H19N3O3S. The van der Waals surface area contributed by atoms with E-state index in [1.54, 1.807) is 49.6 Å². The van der Waals surface area contributed by atoms with Crippen LogP contribution >= 0.6 is 0 Å². The zero-order chi connectivity index (χ0) is 16.9. The number of nitrogens with one attached hydrogen (secondary N) is 2. The lowest BCUT2D eigenvalue weighted by Gasteiger charge is -2.10. The average Bonchev–Trinajstić information content (AvgIpc) is 2.51. The topological polar surface area (TPSA) is 88.2 Å². The number of sulfonamides is 1. The number of hydrogen-bond donors (Lipinski definition) is 2. The van der Waals surface area contributed by atoms with E-state index in [1.165, 1.54) is 0 Å². The summed E-state index contributed by atoms with van der Waals surface area (Å²) in [7, 11) is -3.71. The Hall–Kier alpha value is -2.25. The molecule has 2 aromatic rings. The molecule has 0 unspecified atom stereocenters. The maximum atomic E-state index is 12.2. The van der Waals surface area contributed by atoms with Gasteiger partial charge in [-0.3, -0.25) is 9.78 Å². The number of aromatic nitrogens is 1. The van der Waals surface area contributed by atoms with E-state index < -0.39 is 15.9 Å². The molecule has 2 rings (SSSR count). The molecule has 6 nitrogen and oxygen atoms in total. The first kappa shape index (κ1) is 17.1. The minimum absolute atomic E-state index is 0.185. The van der Waals surface area contributed by atoms with Crippen LogP contribution in [0.15, 0.2) is 47.6 Å². The van der Waals surface area contributed by atoms with E-state index in [2.05, 4.69) is 15.0 Å². The van der Waals surface area contributed by atoms with Crippen LogP contribution in [0.25, 0.3) is 0 Å². The van der Waals surface area contributed by atoms with Crippen LogP contribution < -0.4 is 10.0 Å². The maximum absolute atomic E-state index is 12.2. The molecule has 2 N–H and O–H groups in total. The third-order valence-electron chi connectivity index (χ3n) is 3.28. The zero-order valence-electron chi connectivity index (χ0n) is 13.0. The number of amides is 1. The third kappa shape index (κ3) is 4.87. The highest BCUT2D eigenvalue weighted by molar-refractivity contribution is 7.89. The summed E-state index contributed by atoms with van der Waals surface area (Å²) in [6.07, 6.45) is 3.26. The Morgan fingerprint density at radius 1 is 1.13 bits per heavy atom. The van der Waals surface area contributed by atoms with Gasteiger partial charge in [0.05, 0.1) is 11.4 Å². The highest BCUT2D eigenvalue weighted by Crippen LogP contribution is 2.15. The number of carbonyl (C=O) groups excluding carboxylic acids is 1. The largest absolute Gasteiger partial charge is 0.351 e. The zero-order valence-corrected chi connectivity index (χ0v) is 13.9.